The number of ether oxygens (including phenoxy) is 1. The van der Waals surface area contributed by atoms with E-state index in [1.54, 1.807) is 7.11 Å². The van der Waals surface area contributed by atoms with Crippen LogP contribution in [-0.2, 0) is 10.2 Å². The van der Waals surface area contributed by atoms with E-state index in [0.29, 0.717) is 12.6 Å². The Kier molecular flexibility index (Phi) is 7.94. The van der Waals surface area contributed by atoms with Crippen LogP contribution in [0.1, 0.15) is 58.9 Å². The first-order valence-corrected chi connectivity index (χ1v) is 10.4. The maximum absolute atomic E-state index is 10.8. The van der Waals surface area contributed by atoms with Gasteiger partial charge in [0.2, 0.25) is 0 Å². The molecular weight excluding hydrogens is 358 g/mol. The Balaban J connectivity index is 2.10. The lowest BCUT2D eigenvalue weighted by atomic mass is 9.77. The molecule has 0 aromatic heterocycles. The van der Waals surface area contributed by atoms with Crippen LogP contribution >= 0.6 is 11.6 Å². The number of hydrogen-bond acceptors (Lipinski definition) is 3. The van der Waals surface area contributed by atoms with Gasteiger partial charge in [0.1, 0.15) is 0 Å². The molecule has 0 amide bonds. The Morgan fingerprint density at radius 1 is 1.26 bits per heavy atom. The van der Waals surface area contributed by atoms with E-state index >= 15 is 0 Å². The Hall–Kier alpha value is -0.870. The fourth-order valence-electron chi connectivity index (χ4n) is 4.03. The van der Waals surface area contributed by atoms with Gasteiger partial charge in [-0.1, -0.05) is 49.2 Å². The summed E-state index contributed by atoms with van der Waals surface area (Å²) in [7, 11) is 1.70. The van der Waals surface area contributed by atoms with E-state index in [2.05, 4.69) is 50.8 Å². The maximum atomic E-state index is 10.8. The number of nitrogens with zero attached hydrogens (tertiary/aromatic N) is 1. The Morgan fingerprint density at radius 2 is 1.85 bits per heavy atom. The van der Waals surface area contributed by atoms with E-state index in [9.17, 15) is 5.11 Å². The highest BCUT2D eigenvalue weighted by atomic mass is 35.5. The summed E-state index contributed by atoms with van der Waals surface area (Å²) in [6.07, 6.45) is 5.77. The van der Waals surface area contributed by atoms with Crippen LogP contribution in [0.2, 0.25) is 5.02 Å². The van der Waals surface area contributed by atoms with Crippen LogP contribution in [-0.4, -0.2) is 48.5 Å². The molecule has 0 spiro atoms. The molecule has 1 saturated heterocycles. The van der Waals surface area contributed by atoms with Crippen LogP contribution in [0.5, 0.6) is 0 Å². The van der Waals surface area contributed by atoms with Crippen LogP contribution in [0.3, 0.4) is 0 Å². The molecule has 0 aliphatic carbocycles. The van der Waals surface area contributed by atoms with Crippen molar-refractivity contribution >= 4 is 11.6 Å². The molecule has 1 aliphatic rings. The minimum Gasteiger partial charge on any atom is -0.390 e. The molecule has 1 aliphatic heterocycles. The lowest BCUT2D eigenvalue weighted by Gasteiger charge is -2.43. The summed E-state index contributed by atoms with van der Waals surface area (Å²) in [5, 5.41) is 11.6. The standard InChI is InChI=1S/C23H36ClNO2/c1-18(2)16-21(17-22(3,4)19-6-8-20(24)9-7-19)25-13-10-23(26,11-14-25)12-15-27-5/h6-9,16,21,26H,10-15,17H2,1-5H3. The van der Waals surface area contributed by atoms with Crippen molar-refractivity contribution in [1.29, 1.82) is 0 Å². The van der Waals surface area contributed by atoms with Crippen molar-refractivity contribution in [2.45, 2.75) is 70.4 Å². The average molecular weight is 394 g/mol. The zero-order valence-electron chi connectivity index (χ0n) is 17.6. The predicted octanol–water partition coefficient (Wildman–Crippen LogP) is 5.21. The Morgan fingerprint density at radius 3 is 2.37 bits per heavy atom. The van der Waals surface area contributed by atoms with Gasteiger partial charge in [-0.2, -0.15) is 0 Å². The molecule has 152 valence electrons. The second-order valence-corrected chi connectivity index (χ2v) is 9.35. The summed E-state index contributed by atoms with van der Waals surface area (Å²) in [5.41, 5.74) is 2.12. The maximum Gasteiger partial charge on any atom is 0.0694 e. The number of aliphatic hydroxyl groups is 1. The van der Waals surface area contributed by atoms with Crippen molar-refractivity contribution in [3.05, 3.63) is 46.5 Å². The van der Waals surface area contributed by atoms with Gasteiger partial charge >= 0.3 is 0 Å². The highest BCUT2D eigenvalue weighted by Crippen LogP contribution is 2.34. The first-order chi connectivity index (χ1) is 12.6. The molecule has 1 heterocycles. The summed E-state index contributed by atoms with van der Waals surface area (Å²) in [4.78, 5) is 2.53. The largest absolute Gasteiger partial charge is 0.390 e. The molecular formula is C23H36ClNO2. The molecule has 1 aromatic rings. The number of methoxy groups -OCH3 is 1. The van der Waals surface area contributed by atoms with Crippen molar-refractivity contribution in [3.63, 3.8) is 0 Å². The highest BCUT2D eigenvalue weighted by molar-refractivity contribution is 6.30. The van der Waals surface area contributed by atoms with E-state index < -0.39 is 5.60 Å². The van der Waals surface area contributed by atoms with Crippen LogP contribution in [0.25, 0.3) is 0 Å². The van der Waals surface area contributed by atoms with Crippen LogP contribution < -0.4 is 0 Å². The van der Waals surface area contributed by atoms with Gasteiger partial charge in [-0.25, -0.2) is 0 Å². The molecule has 1 atom stereocenters. The van der Waals surface area contributed by atoms with Crippen LogP contribution in [0.15, 0.2) is 35.9 Å². The highest BCUT2D eigenvalue weighted by Gasteiger charge is 2.35. The minimum absolute atomic E-state index is 0.0466. The van der Waals surface area contributed by atoms with E-state index in [-0.39, 0.29) is 5.41 Å². The SMILES string of the molecule is COCCC1(O)CCN(C(C=C(C)C)CC(C)(C)c2ccc(Cl)cc2)CC1. The van der Waals surface area contributed by atoms with Gasteiger partial charge in [-0.3, -0.25) is 4.90 Å². The number of halogens is 1. The molecule has 1 aromatic carbocycles. The van der Waals surface area contributed by atoms with Crippen LogP contribution in [0.4, 0.5) is 0 Å². The first kappa shape index (κ1) is 22.4. The first-order valence-electron chi connectivity index (χ1n) is 10.0. The van der Waals surface area contributed by atoms with Gasteiger partial charge in [0.25, 0.3) is 0 Å². The normalized spacial score (nSPS) is 18.9. The van der Waals surface area contributed by atoms with Gasteiger partial charge in [0.15, 0.2) is 0 Å². The lowest BCUT2D eigenvalue weighted by molar-refractivity contribution is -0.0472. The third kappa shape index (κ3) is 6.60. The van der Waals surface area contributed by atoms with Crippen LogP contribution in [0, 0.1) is 0 Å². The number of hydrogen-bond donors (Lipinski definition) is 1. The number of rotatable bonds is 8. The molecule has 3 nitrogen and oxygen atoms in total. The molecule has 1 unspecified atom stereocenters. The zero-order valence-corrected chi connectivity index (χ0v) is 18.4. The molecule has 0 saturated carbocycles. The molecule has 1 N–H and O–H groups in total. The monoisotopic (exact) mass is 393 g/mol. The molecule has 2 rings (SSSR count). The number of likely N-dealkylation sites (tertiary alicyclic amines) is 1. The molecule has 1 fully saturated rings. The fraction of sp³-hybridized carbons (Fsp3) is 0.652. The summed E-state index contributed by atoms with van der Waals surface area (Å²) in [6.45, 7) is 11.4. The van der Waals surface area contributed by atoms with Gasteiger partial charge in [-0.15, -0.1) is 0 Å². The van der Waals surface area contributed by atoms with Crippen molar-refractivity contribution in [2.24, 2.45) is 0 Å². The van der Waals surface area contributed by atoms with Crippen molar-refractivity contribution in [1.82, 2.24) is 4.90 Å². The van der Waals surface area contributed by atoms with Gasteiger partial charge < -0.3 is 9.84 Å². The van der Waals surface area contributed by atoms with Gasteiger partial charge in [-0.05, 0) is 62.6 Å². The molecule has 27 heavy (non-hydrogen) atoms. The number of piperidine rings is 1. The summed E-state index contributed by atoms with van der Waals surface area (Å²) >= 11 is 6.07. The second kappa shape index (κ2) is 9.56. The second-order valence-electron chi connectivity index (χ2n) is 8.91. The van der Waals surface area contributed by atoms with Gasteiger partial charge in [0.05, 0.1) is 5.60 Å². The van der Waals surface area contributed by atoms with Crippen molar-refractivity contribution in [2.75, 3.05) is 26.8 Å². The van der Waals surface area contributed by atoms with Crippen molar-refractivity contribution < 1.29 is 9.84 Å². The van der Waals surface area contributed by atoms with E-state index in [4.69, 9.17) is 16.3 Å². The van der Waals surface area contributed by atoms with E-state index in [1.807, 2.05) is 12.1 Å². The van der Waals surface area contributed by atoms with Crippen molar-refractivity contribution in [3.8, 4) is 0 Å². The average Bonchev–Trinajstić information content (AvgIpc) is 2.60. The Labute approximate surface area is 170 Å². The third-order valence-corrected chi connectivity index (χ3v) is 6.09. The Bertz CT molecular complexity index is 612. The molecule has 0 bridgehead atoms. The fourth-order valence-corrected chi connectivity index (χ4v) is 4.16. The summed E-state index contributed by atoms with van der Waals surface area (Å²) < 4.78 is 5.17. The van der Waals surface area contributed by atoms with E-state index in [1.165, 1.54) is 11.1 Å². The van der Waals surface area contributed by atoms with E-state index in [0.717, 1.165) is 43.8 Å². The number of benzene rings is 1. The topological polar surface area (TPSA) is 32.7 Å². The summed E-state index contributed by atoms with van der Waals surface area (Å²) in [5.74, 6) is 0. The minimum atomic E-state index is -0.576. The smallest absolute Gasteiger partial charge is 0.0694 e. The molecule has 4 heteroatoms. The zero-order chi connectivity index (χ0) is 20.1. The predicted molar refractivity (Wildman–Crippen MR) is 115 cm³/mol. The lowest BCUT2D eigenvalue weighted by Crippen LogP contribution is -2.49. The summed E-state index contributed by atoms with van der Waals surface area (Å²) in [6, 6.07) is 8.60. The number of allylic oxidation sites excluding steroid dienone is 1. The quantitative estimate of drug-likeness (QED) is 0.615. The molecule has 0 radical (unpaired) electrons. The third-order valence-electron chi connectivity index (χ3n) is 5.84. The van der Waals surface area contributed by atoms with Gasteiger partial charge in [0, 0.05) is 37.9 Å².